The van der Waals surface area contributed by atoms with Crippen LogP contribution in [-0.4, -0.2) is 50.9 Å². The van der Waals surface area contributed by atoms with Crippen molar-refractivity contribution in [2.45, 2.75) is 30.8 Å². The fraction of sp³-hybridized carbons (Fsp3) is 0.304. The first-order valence-electron chi connectivity index (χ1n) is 10.1. The number of aromatic nitrogens is 1. The largest absolute Gasteiger partial charge is 0.480 e. The molecule has 9 heteroatoms. The summed E-state index contributed by atoms with van der Waals surface area (Å²) in [6.45, 7) is 1.95. The van der Waals surface area contributed by atoms with E-state index < -0.39 is 21.8 Å². The van der Waals surface area contributed by atoms with Crippen molar-refractivity contribution in [1.29, 1.82) is 0 Å². The van der Waals surface area contributed by atoms with E-state index in [2.05, 4.69) is 10.3 Å². The topological polar surface area (TPSA) is 99.6 Å². The number of carboxylic acids is 1. The molecule has 32 heavy (non-hydrogen) atoms. The molecule has 2 N–H and O–H groups in total. The third kappa shape index (κ3) is 5.53. The Bertz CT molecular complexity index is 1180. The normalized spacial score (nSPS) is 12.5. The highest BCUT2D eigenvalue weighted by molar-refractivity contribution is 7.91. The van der Waals surface area contributed by atoms with Gasteiger partial charge in [-0.1, -0.05) is 31.2 Å². The molecule has 0 aliphatic rings. The van der Waals surface area contributed by atoms with E-state index in [0.717, 1.165) is 27.4 Å². The summed E-state index contributed by atoms with van der Waals surface area (Å²) in [5, 5.41) is 12.2. The van der Waals surface area contributed by atoms with Crippen LogP contribution >= 0.6 is 11.3 Å². The Morgan fingerprint density at radius 3 is 2.25 bits per heavy atom. The maximum Gasteiger partial charge on any atom is 0.320 e. The third-order valence-corrected chi connectivity index (χ3v) is 7.57. The van der Waals surface area contributed by atoms with E-state index in [4.69, 9.17) is 0 Å². The van der Waals surface area contributed by atoms with Gasteiger partial charge in [-0.2, -0.15) is 0 Å². The molecule has 0 spiro atoms. The van der Waals surface area contributed by atoms with Crippen molar-refractivity contribution >= 4 is 33.0 Å². The maximum atomic E-state index is 12.3. The van der Waals surface area contributed by atoms with E-state index in [1.165, 1.54) is 17.6 Å². The Morgan fingerprint density at radius 1 is 1.12 bits per heavy atom. The van der Waals surface area contributed by atoms with Gasteiger partial charge in [0.25, 0.3) is 0 Å². The molecular formula is C23H27N3O4S2. The van der Waals surface area contributed by atoms with Crippen molar-refractivity contribution in [3.8, 4) is 21.6 Å². The van der Waals surface area contributed by atoms with Crippen LogP contribution in [0.25, 0.3) is 21.6 Å². The molecule has 0 saturated carbocycles. The smallest absolute Gasteiger partial charge is 0.320 e. The molecule has 1 unspecified atom stereocenters. The van der Waals surface area contributed by atoms with Crippen LogP contribution in [0.2, 0.25) is 0 Å². The summed E-state index contributed by atoms with van der Waals surface area (Å²) in [5.41, 5.74) is 2.91. The van der Waals surface area contributed by atoms with E-state index in [1.807, 2.05) is 61.6 Å². The Morgan fingerprint density at radius 2 is 1.75 bits per heavy atom. The highest BCUT2D eigenvalue weighted by Crippen LogP contribution is 2.35. The number of hydrogen-bond donors (Lipinski definition) is 2. The second-order valence-electron chi connectivity index (χ2n) is 7.73. The minimum absolute atomic E-state index is 0.180. The lowest BCUT2D eigenvalue weighted by molar-refractivity contribution is -0.139. The molecule has 0 fully saturated rings. The van der Waals surface area contributed by atoms with E-state index in [0.29, 0.717) is 11.3 Å². The van der Waals surface area contributed by atoms with Gasteiger partial charge in [-0.15, -0.1) is 11.3 Å². The Hall–Kier alpha value is -2.75. The number of nitrogens with one attached hydrogen (secondary N) is 1. The number of pyridine rings is 1. The fourth-order valence-electron chi connectivity index (χ4n) is 3.26. The number of thiophene rings is 1. The van der Waals surface area contributed by atoms with Crippen molar-refractivity contribution in [2.24, 2.45) is 0 Å². The molecule has 1 atom stereocenters. The van der Waals surface area contributed by atoms with Crippen LogP contribution in [0, 0.1) is 0 Å². The molecule has 0 radical (unpaired) electrons. The van der Waals surface area contributed by atoms with Crippen LogP contribution in [-0.2, 0) is 21.2 Å². The van der Waals surface area contributed by atoms with Crippen LogP contribution in [0.1, 0.15) is 18.2 Å². The highest BCUT2D eigenvalue weighted by Gasteiger charge is 2.21. The van der Waals surface area contributed by atoms with Crippen molar-refractivity contribution in [2.75, 3.05) is 25.3 Å². The Balaban J connectivity index is 1.87. The van der Waals surface area contributed by atoms with Gasteiger partial charge in [-0.05, 0) is 35.7 Å². The van der Waals surface area contributed by atoms with E-state index in [1.54, 1.807) is 13.0 Å². The number of benzene rings is 1. The van der Waals surface area contributed by atoms with Crippen molar-refractivity contribution in [3.63, 3.8) is 0 Å². The van der Waals surface area contributed by atoms with Crippen molar-refractivity contribution in [1.82, 2.24) is 10.3 Å². The summed E-state index contributed by atoms with van der Waals surface area (Å²) in [6.07, 6.45) is 3.41. The first-order chi connectivity index (χ1) is 15.1. The van der Waals surface area contributed by atoms with Gasteiger partial charge in [0.15, 0.2) is 9.84 Å². The van der Waals surface area contributed by atoms with Crippen molar-refractivity contribution in [3.05, 3.63) is 53.5 Å². The predicted molar refractivity (Wildman–Crippen MR) is 129 cm³/mol. The average Bonchev–Trinajstić information content (AvgIpc) is 3.19. The number of nitrogens with zero attached hydrogens (tertiary/aromatic N) is 2. The first-order valence-corrected chi connectivity index (χ1v) is 12.8. The summed E-state index contributed by atoms with van der Waals surface area (Å²) < 4.78 is 24.6. The molecule has 0 aliphatic carbocycles. The third-order valence-electron chi connectivity index (χ3n) is 5.09. The summed E-state index contributed by atoms with van der Waals surface area (Å²) in [6, 6.07) is 12.8. The van der Waals surface area contributed by atoms with Gasteiger partial charge in [0.2, 0.25) is 0 Å². The molecule has 0 aliphatic heterocycles. The van der Waals surface area contributed by atoms with Crippen LogP contribution in [0.3, 0.4) is 0 Å². The lowest BCUT2D eigenvalue weighted by atomic mass is 10.0. The minimum Gasteiger partial charge on any atom is -0.480 e. The molecule has 0 amide bonds. The molecular weight excluding hydrogens is 446 g/mol. The zero-order valence-corrected chi connectivity index (χ0v) is 20.1. The van der Waals surface area contributed by atoms with Gasteiger partial charge in [-0.25, -0.2) is 13.4 Å². The minimum atomic E-state index is -3.45. The van der Waals surface area contributed by atoms with Gasteiger partial charge < -0.3 is 10.0 Å². The lowest BCUT2D eigenvalue weighted by Crippen LogP contribution is -2.35. The molecule has 2 aromatic heterocycles. The zero-order valence-electron chi connectivity index (χ0n) is 18.5. The van der Waals surface area contributed by atoms with E-state index >= 15 is 0 Å². The molecule has 0 saturated heterocycles. The predicted octanol–water partition coefficient (Wildman–Crippen LogP) is 3.90. The Labute approximate surface area is 192 Å². The maximum absolute atomic E-state index is 12.3. The van der Waals surface area contributed by atoms with Gasteiger partial charge >= 0.3 is 5.97 Å². The number of sulfone groups is 1. The number of aliphatic carboxylic acids is 1. The number of hydrogen-bond acceptors (Lipinski definition) is 7. The fourth-order valence-corrected chi connectivity index (χ4v) is 5.74. The molecule has 3 rings (SSSR count). The Kier molecular flexibility index (Phi) is 7.33. The van der Waals surface area contributed by atoms with E-state index in [-0.39, 0.29) is 11.4 Å². The number of rotatable bonds is 9. The molecule has 0 bridgehead atoms. The first kappa shape index (κ1) is 23.9. The second-order valence-corrected chi connectivity index (χ2v) is 10.8. The molecule has 170 valence electrons. The highest BCUT2D eigenvalue weighted by atomic mass is 32.2. The number of carbonyl (C=O) groups is 1. The van der Waals surface area contributed by atoms with Gasteiger partial charge in [-0.3, -0.25) is 10.1 Å². The summed E-state index contributed by atoms with van der Waals surface area (Å²) in [5.74, 6) is -0.0690. The summed E-state index contributed by atoms with van der Waals surface area (Å²) in [7, 11) is 0.435. The lowest BCUT2D eigenvalue weighted by Gasteiger charge is -2.11. The monoisotopic (exact) mass is 473 g/mol. The standard InChI is InChI=1S/C23H27N3O4S2/c1-5-18(23(27)28)24-14-20-21(32(4,29)30)12-19(31-20)16-8-6-15(7-9-16)17-10-11-22(25-13-17)26(2)3/h6-13,18,24H,5,14H2,1-4H3,(H,27,28). The SMILES string of the molecule is CCC(NCc1sc(-c2ccc(-c3ccc(N(C)C)nc3)cc2)cc1S(C)(=O)=O)C(=O)O. The van der Waals surface area contributed by atoms with Gasteiger partial charge in [0.05, 0.1) is 4.90 Å². The van der Waals surface area contributed by atoms with Crippen LogP contribution in [0.5, 0.6) is 0 Å². The van der Waals surface area contributed by atoms with Gasteiger partial charge in [0.1, 0.15) is 11.9 Å². The second kappa shape index (κ2) is 9.81. The molecule has 2 heterocycles. The van der Waals surface area contributed by atoms with Crippen LogP contribution in [0.4, 0.5) is 5.82 Å². The summed E-state index contributed by atoms with van der Waals surface area (Å²) in [4.78, 5) is 19.3. The van der Waals surface area contributed by atoms with Crippen LogP contribution in [0.15, 0.2) is 53.6 Å². The molecule has 7 nitrogen and oxygen atoms in total. The van der Waals surface area contributed by atoms with E-state index in [9.17, 15) is 18.3 Å². The average molecular weight is 474 g/mol. The quantitative estimate of drug-likeness (QED) is 0.486. The summed E-state index contributed by atoms with van der Waals surface area (Å²) >= 11 is 1.36. The van der Waals surface area contributed by atoms with Crippen LogP contribution < -0.4 is 10.2 Å². The van der Waals surface area contributed by atoms with Crippen molar-refractivity contribution < 1.29 is 18.3 Å². The van der Waals surface area contributed by atoms with Gasteiger partial charge in [0, 0.05) is 48.4 Å². The zero-order chi connectivity index (χ0) is 23.5. The molecule has 1 aromatic carbocycles. The number of carboxylic acid groups (broad SMARTS) is 1. The molecule has 3 aromatic rings. The number of anilines is 1.